The lowest BCUT2D eigenvalue weighted by Gasteiger charge is -2.08. The van der Waals surface area contributed by atoms with Gasteiger partial charge in [-0.15, -0.1) is 0 Å². The van der Waals surface area contributed by atoms with Crippen LogP contribution in [0.3, 0.4) is 0 Å². The van der Waals surface area contributed by atoms with E-state index in [9.17, 15) is 4.39 Å². The van der Waals surface area contributed by atoms with Crippen molar-refractivity contribution in [2.24, 2.45) is 5.73 Å². The van der Waals surface area contributed by atoms with Crippen LogP contribution in [-0.2, 0) is 6.42 Å². The van der Waals surface area contributed by atoms with E-state index in [2.05, 4.69) is 15.9 Å². The predicted molar refractivity (Wildman–Crippen MR) is 57.6 cm³/mol. The topological polar surface area (TPSA) is 44.5 Å². The summed E-state index contributed by atoms with van der Waals surface area (Å²) in [6, 6.07) is 1.59. The Hall–Kier alpha value is -0.810. The van der Waals surface area contributed by atoms with Gasteiger partial charge in [0.15, 0.2) is 11.5 Å². The molecule has 0 aliphatic carbocycles. The van der Waals surface area contributed by atoms with Crippen molar-refractivity contribution in [1.29, 1.82) is 0 Å². The molecule has 1 aliphatic heterocycles. The van der Waals surface area contributed by atoms with Gasteiger partial charge in [-0.3, -0.25) is 0 Å². The number of hydrogen-bond acceptors (Lipinski definition) is 3. The molecule has 82 valence electrons. The lowest BCUT2D eigenvalue weighted by atomic mass is 10.1. The highest BCUT2D eigenvalue weighted by Gasteiger charge is 2.23. The average Bonchev–Trinajstić information content (AvgIpc) is 2.66. The molecule has 3 nitrogen and oxygen atoms in total. The molecule has 0 unspecified atom stereocenters. The number of nitrogens with two attached hydrogens (primary N) is 1. The van der Waals surface area contributed by atoms with E-state index in [1.54, 1.807) is 6.07 Å². The zero-order valence-corrected chi connectivity index (χ0v) is 9.64. The Kier molecular flexibility index (Phi) is 3.11. The molecule has 0 fully saturated rings. The van der Waals surface area contributed by atoms with Crippen molar-refractivity contribution in [2.45, 2.75) is 12.8 Å². The summed E-state index contributed by atoms with van der Waals surface area (Å²) in [6.45, 7) is 0.683. The quantitative estimate of drug-likeness (QED) is 0.920. The zero-order valence-electron chi connectivity index (χ0n) is 8.06. The standard InChI is InChI=1S/C10H11BrFNO2/c11-7-4-8-10(15-5-14-8)6(9(7)12)2-1-3-13/h4H,1-3,5,13H2. The number of ether oxygens (including phenoxy) is 2. The summed E-state index contributed by atoms with van der Waals surface area (Å²) < 4.78 is 24.6. The third-order valence-corrected chi connectivity index (χ3v) is 2.86. The highest BCUT2D eigenvalue weighted by atomic mass is 79.9. The fraction of sp³-hybridized carbons (Fsp3) is 0.400. The highest BCUT2D eigenvalue weighted by Crippen LogP contribution is 2.41. The normalized spacial score (nSPS) is 13.3. The first-order chi connectivity index (χ1) is 7.24. The van der Waals surface area contributed by atoms with Crippen LogP contribution in [0.5, 0.6) is 11.5 Å². The fourth-order valence-electron chi connectivity index (χ4n) is 1.56. The Balaban J connectivity index is 2.41. The van der Waals surface area contributed by atoms with Crippen molar-refractivity contribution in [3.63, 3.8) is 0 Å². The van der Waals surface area contributed by atoms with Crippen molar-refractivity contribution >= 4 is 15.9 Å². The van der Waals surface area contributed by atoms with E-state index in [1.807, 2.05) is 0 Å². The Bertz CT molecular complexity index is 384. The molecule has 5 heteroatoms. The average molecular weight is 276 g/mol. The van der Waals surface area contributed by atoms with Crippen molar-refractivity contribution in [1.82, 2.24) is 0 Å². The van der Waals surface area contributed by atoms with E-state index in [4.69, 9.17) is 15.2 Å². The summed E-state index contributed by atoms with van der Waals surface area (Å²) >= 11 is 3.15. The number of halogens is 2. The highest BCUT2D eigenvalue weighted by molar-refractivity contribution is 9.10. The summed E-state index contributed by atoms with van der Waals surface area (Å²) in [4.78, 5) is 0. The first kappa shape index (κ1) is 10.7. The Morgan fingerprint density at radius 3 is 3.00 bits per heavy atom. The molecule has 1 aromatic carbocycles. The summed E-state index contributed by atoms with van der Waals surface area (Å²) in [5.41, 5.74) is 5.95. The molecule has 0 saturated carbocycles. The van der Waals surface area contributed by atoms with Crippen LogP contribution in [0.25, 0.3) is 0 Å². The third-order valence-electron chi connectivity index (χ3n) is 2.28. The molecule has 1 aromatic rings. The summed E-state index contributed by atoms with van der Waals surface area (Å²) in [5.74, 6) is 0.826. The van der Waals surface area contributed by atoms with Gasteiger partial charge in [-0.2, -0.15) is 0 Å². The number of fused-ring (bicyclic) bond motifs is 1. The van der Waals surface area contributed by atoms with E-state index < -0.39 is 0 Å². The van der Waals surface area contributed by atoms with Gasteiger partial charge in [0.05, 0.1) is 4.47 Å². The molecule has 0 saturated heterocycles. The number of rotatable bonds is 3. The molecule has 0 spiro atoms. The molecule has 0 aromatic heterocycles. The SMILES string of the molecule is NCCCc1c(F)c(Br)cc2c1OCO2. The van der Waals surface area contributed by atoms with E-state index >= 15 is 0 Å². The van der Waals surface area contributed by atoms with Gasteiger partial charge >= 0.3 is 0 Å². The molecule has 0 atom stereocenters. The van der Waals surface area contributed by atoms with Crippen LogP contribution in [-0.4, -0.2) is 13.3 Å². The molecule has 0 radical (unpaired) electrons. The molecular weight excluding hydrogens is 265 g/mol. The van der Waals surface area contributed by atoms with Crippen molar-refractivity contribution < 1.29 is 13.9 Å². The third kappa shape index (κ3) is 1.94. The van der Waals surface area contributed by atoms with Gasteiger partial charge in [0.25, 0.3) is 0 Å². The fourth-order valence-corrected chi connectivity index (χ4v) is 2.00. The molecule has 1 heterocycles. The molecule has 0 bridgehead atoms. The lowest BCUT2D eigenvalue weighted by Crippen LogP contribution is -2.03. The molecule has 0 amide bonds. The molecule has 2 N–H and O–H groups in total. The number of hydrogen-bond donors (Lipinski definition) is 1. The molecule has 1 aliphatic rings. The van der Waals surface area contributed by atoms with Gasteiger partial charge in [-0.25, -0.2) is 4.39 Å². The first-order valence-corrected chi connectivity index (χ1v) is 5.50. The van der Waals surface area contributed by atoms with Crippen molar-refractivity contribution in [2.75, 3.05) is 13.3 Å². The van der Waals surface area contributed by atoms with Crippen LogP contribution in [0, 0.1) is 5.82 Å². The zero-order chi connectivity index (χ0) is 10.8. The van der Waals surface area contributed by atoms with Crippen LogP contribution >= 0.6 is 15.9 Å². The Morgan fingerprint density at radius 1 is 1.47 bits per heavy atom. The van der Waals surface area contributed by atoms with Gasteiger partial charge in [-0.1, -0.05) is 0 Å². The number of benzene rings is 1. The van der Waals surface area contributed by atoms with E-state index in [1.165, 1.54) is 0 Å². The minimum Gasteiger partial charge on any atom is -0.454 e. The van der Waals surface area contributed by atoms with E-state index in [0.717, 1.165) is 6.42 Å². The molecular formula is C10H11BrFNO2. The van der Waals surface area contributed by atoms with Crippen LogP contribution in [0.15, 0.2) is 10.5 Å². The van der Waals surface area contributed by atoms with E-state index in [0.29, 0.717) is 34.5 Å². The van der Waals surface area contributed by atoms with Crippen molar-refractivity contribution in [3.05, 3.63) is 21.9 Å². The van der Waals surface area contributed by atoms with Gasteiger partial charge < -0.3 is 15.2 Å². The van der Waals surface area contributed by atoms with Gasteiger partial charge in [0.1, 0.15) is 5.82 Å². The minimum absolute atomic E-state index is 0.154. The Labute approximate surface area is 95.5 Å². The van der Waals surface area contributed by atoms with Gasteiger partial charge in [-0.05, 0) is 35.3 Å². The molecule has 15 heavy (non-hydrogen) atoms. The van der Waals surface area contributed by atoms with Gasteiger partial charge in [0, 0.05) is 11.6 Å². The van der Waals surface area contributed by atoms with Crippen LogP contribution in [0.4, 0.5) is 4.39 Å². The largest absolute Gasteiger partial charge is 0.454 e. The second-order valence-corrected chi connectivity index (χ2v) is 4.13. The summed E-state index contributed by atoms with van der Waals surface area (Å²) in [5, 5.41) is 0. The maximum absolute atomic E-state index is 13.8. The maximum Gasteiger partial charge on any atom is 0.231 e. The maximum atomic E-state index is 13.8. The Morgan fingerprint density at radius 2 is 2.27 bits per heavy atom. The minimum atomic E-state index is -0.285. The van der Waals surface area contributed by atoms with Crippen LogP contribution in [0.1, 0.15) is 12.0 Å². The van der Waals surface area contributed by atoms with E-state index in [-0.39, 0.29) is 12.6 Å². The van der Waals surface area contributed by atoms with Crippen molar-refractivity contribution in [3.8, 4) is 11.5 Å². The second kappa shape index (κ2) is 4.37. The van der Waals surface area contributed by atoms with Crippen LogP contribution < -0.4 is 15.2 Å². The van der Waals surface area contributed by atoms with Gasteiger partial charge in [0.2, 0.25) is 6.79 Å². The predicted octanol–water partition coefficient (Wildman–Crippen LogP) is 2.21. The second-order valence-electron chi connectivity index (χ2n) is 3.28. The first-order valence-electron chi connectivity index (χ1n) is 4.70. The summed E-state index contributed by atoms with van der Waals surface area (Å²) in [7, 11) is 0. The van der Waals surface area contributed by atoms with Crippen LogP contribution in [0.2, 0.25) is 0 Å². The monoisotopic (exact) mass is 275 g/mol. The lowest BCUT2D eigenvalue weighted by molar-refractivity contribution is 0.173. The molecule has 2 rings (SSSR count). The summed E-state index contributed by atoms with van der Waals surface area (Å²) in [6.07, 6.45) is 1.29. The smallest absolute Gasteiger partial charge is 0.231 e.